The van der Waals surface area contributed by atoms with Gasteiger partial charge in [0.15, 0.2) is 0 Å². The van der Waals surface area contributed by atoms with Crippen LogP contribution in [0.15, 0.2) is 30.3 Å². The van der Waals surface area contributed by atoms with E-state index in [1.807, 2.05) is 0 Å². The second-order valence-electron chi connectivity index (χ2n) is 3.59. The second-order valence-corrected chi connectivity index (χ2v) is 3.59. The van der Waals surface area contributed by atoms with E-state index in [0.717, 1.165) is 0 Å². The first-order chi connectivity index (χ1) is 8.52. The number of para-hydroxylation sites is 1. The van der Waals surface area contributed by atoms with Gasteiger partial charge in [-0.3, -0.25) is 10.1 Å². The first-order valence-electron chi connectivity index (χ1n) is 5.05. The second kappa shape index (κ2) is 4.28. The molecule has 0 bridgehead atoms. The van der Waals surface area contributed by atoms with Crippen LogP contribution in [0.5, 0.6) is 0 Å². The van der Waals surface area contributed by atoms with E-state index in [1.54, 1.807) is 30.3 Å². The van der Waals surface area contributed by atoms with E-state index >= 15 is 0 Å². The molecule has 7 nitrogen and oxygen atoms in total. The molecule has 0 aliphatic heterocycles. The largest absolute Gasteiger partial charge is 0.476 e. The molecule has 7 heteroatoms. The highest BCUT2D eigenvalue weighted by molar-refractivity contribution is 5.90. The van der Waals surface area contributed by atoms with Gasteiger partial charge in [-0.15, -0.1) is 0 Å². The predicted octanol–water partition coefficient (Wildman–Crippen LogP) is 1.79. The maximum atomic E-state index is 10.9. The van der Waals surface area contributed by atoms with Crippen LogP contribution in [0, 0.1) is 17.0 Å². The molecule has 0 amide bonds. The van der Waals surface area contributed by atoms with Gasteiger partial charge in [0, 0.05) is 0 Å². The Balaban J connectivity index is 2.68. The van der Waals surface area contributed by atoms with Crippen molar-refractivity contribution in [1.82, 2.24) is 9.78 Å². The fourth-order valence-corrected chi connectivity index (χ4v) is 1.68. The number of aromatic carboxylic acids is 1. The molecule has 0 radical (unpaired) electrons. The predicted molar refractivity (Wildman–Crippen MR) is 61.9 cm³/mol. The molecule has 92 valence electrons. The van der Waals surface area contributed by atoms with E-state index in [2.05, 4.69) is 5.10 Å². The van der Waals surface area contributed by atoms with Gasteiger partial charge in [-0.2, -0.15) is 5.10 Å². The third-order valence-corrected chi connectivity index (χ3v) is 2.47. The number of nitro groups is 1. The molecule has 18 heavy (non-hydrogen) atoms. The Labute approximate surface area is 101 Å². The molecule has 1 heterocycles. The molecule has 0 saturated carbocycles. The molecule has 0 atom stereocenters. The molecule has 1 aromatic heterocycles. The molecule has 2 aromatic rings. The van der Waals surface area contributed by atoms with E-state index in [9.17, 15) is 14.9 Å². The molecular weight excluding hydrogens is 238 g/mol. The summed E-state index contributed by atoms with van der Waals surface area (Å²) in [5.74, 6) is -1.42. The van der Waals surface area contributed by atoms with Crippen LogP contribution in [0.25, 0.3) is 5.69 Å². The highest BCUT2D eigenvalue weighted by Gasteiger charge is 2.29. The Bertz CT molecular complexity index is 619. The van der Waals surface area contributed by atoms with Crippen molar-refractivity contribution in [3.63, 3.8) is 0 Å². The van der Waals surface area contributed by atoms with Gasteiger partial charge >= 0.3 is 11.7 Å². The van der Waals surface area contributed by atoms with Crippen LogP contribution < -0.4 is 0 Å². The highest BCUT2D eigenvalue weighted by atomic mass is 16.6. The van der Waals surface area contributed by atoms with Gasteiger partial charge in [0.05, 0.1) is 10.6 Å². The number of aromatic nitrogens is 2. The van der Waals surface area contributed by atoms with Gasteiger partial charge in [0.25, 0.3) is 0 Å². The lowest BCUT2D eigenvalue weighted by Gasteiger charge is -2.01. The fourth-order valence-electron chi connectivity index (χ4n) is 1.68. The van der Waals surface area contributed by atoms with Crippen molar-refractivity contribution >= 4 is 11.7 Å². The Kier molecular flexibility index (Phi) is 2.80. The number of rotatable bonds is 3. The fraction of sp³-hybridized carbons (Fsp3) is 0.0909. The van der Waals surface area contributed by atoms with Gasteiger partial charge < -0.3 is 5.11 Å². The van der Waals surface area contributed by atoms with Gasteiger partial charge in [-0.1, -0.05) is 18.2 Å². The Morgan fingerprint density at radius 2 is 2.00 bits per heavy atom. The zero-order valence-corrected chi connectivity index (χ0v) is 9.40. The number of benzene rings is 1. The Morgan fingerprint density at radius 1 is 1.39 bits per heavy atom. The van der Waals surface area contributed by atoms with Crippen molar-refractivity contribution in [3.05, 3.63) is 51.8 Å². The number of carboxylic acids is 1. The zero-order valence-electron chi connectivity index (χ0n) is 9.40. The summed E-state index contributed by atoms with van der Waals surface area (Å²) in [6, 6.07) is 8.64. The third-order valence-electron chi connectivity index (χ3n) is 2.47. The monoisotopic (exact) mass is 247 g/mol. The summed E-state index contributed by atoms with van der Waals surface area (Å²) in [7, 11) is 0. The maximum Gasteiger partial charge on any atom is 0.363 e. The normalized spacial score (nSPS) is 10.3. The summed E-state index contributed by atoms with van der Waals surface area (Å²) in [6.45, 7) is 1.46. The molecule has 1 N–H and O–H groups in total. The van der Waals surface area contributed by atoms with Crippen molar-refractivity contribution in [2.24, 2.45) is 0 Å². The quantitative estimate of drug-likeness (QED) is 0.658. The molecule has 0 spiro atoms. The molecule has 0 unspecified atom stereocenters. The Morgan fingerprint density at radius 3 is 2.44 bits per heavy atom. The minimum atomic E-state index is -1.42. The highest BCUT2D eigenvalue weighted by Crippen LogP contribution is 2.25. The summed E-state index contributed by atoms with van der Waals surface area (Å²) in [5.41, 5.74) is -0.276. The number of hydrogen-bond donors (Lipinski definition) is 1. The molecule has 1 aromatic carbocycles. The number of carboxylic acid groups (broad SMARTS) is 1. The average Bonchev–Trinajstić information content (AvgIpc) is 2.68. The van der Waals surface area contributed by atoms with Gasteiger partial charge in [-0.25, -0.2) is 9.48 Å². The van der Waals surface area contributed by atoms with Crippen molar-refractivity contribution < 1.29 is 14.8 Å². The van der Waals surface area contributed by atoms with Crippen LogP contribution in [-0.4, -0.2) is 25.8 Å². The summed E-state index contributed by atoms with van der Waals surface area (Å²) in [6.07, 6.45) is 0. The lowest BCUT2D eigenvalue weighted by Crippen LogP contribution is -2.02. The Hall–Kier alpha value is -2.70. The van der Waals surface area contributed by atoms with Crippen LogP contribution in [0.4, 0.5) is 5.69 Å². The summed E-state index contributed by atoms with van der Waals surface area (Å²) in [4.78, 5) is 21.1. The van der Waals surface area contributed by atoms with Crippen LogP contribution in [-0.2, 0) is 0 Å². The molecule has 0 fully saturated rings. The summed E-state index contributed by atoms with van der Waals surface area (Å²) >= 11 is 0. The number of hydrogen-bond acceptors (Lipinski definition) is 4. The average molecular weight is 247 g/mol. The summed E-state index contributed by atoms with van der Waals surface area (Å²) < 4.78 is 1.25. The SMILES string of the molecule is Cc1c([N+](=O)[O-])c(C(=O)O)nn1-c1ccccc1. The minimum Gasteiger partial charge on any atom is -0.476 e. The molecule has 0 aliphatic rings. The third kappa shape index (κ3) is 1.81. The van der Waals surface area contributed by atoms with Crippen LogP contribution in [0.2, 0.25) is 0 Å². The lowest BCUT2D eigenvalue weighted by atomic mass is 10.3. The molecular formula is C11H9N3O4. The first-order valence-corrected chi connectivity index (χ1v) is 5.05. The zero-order chi connectivity index (χ0) is 13.3. The topological polar surface area (TPSA) is 98.3 Å². The van der Waals surface area contributed by atoms with Crippen molar-refractivity contribution in [1.29, 1.82) is 0 Å². The van der Waals surface area contributed by atoms with Gasteiger partial charge in [0.2, 0.25) is 5.69 Å². The van der Waals surface area contributed by atoms with Crippen molar-refractivity contribution in [2.75, 3.05) is 0 Å². The van der Waals surface area contributed by atoms with E-state index in [0.29, 0.717) is 5.69 Å². The summed E-state index contributed by atoms with van der Waals surface area (Å²) in [5, 5.41) is 23.6. The lowest BCUT2D eigenvalue weighted by molar-refractivity contribution is -0.385. The molecule has 0 saturated heterocycles. The van der Waals surface area contributed by atoms with Crippen molar-refractivity contribution in [2.45, 2.75) is 6.92 Å². The van der Waals surface area contributed by atoms with E-state index in [-0.39, 0.29) is 5.69 Å². The van der Waals surface area contributed by atoms with E-state index < -0.39 is 22.3 Å². The van der Waals surface area contributed by atoms with Crippen LogP contribution >= 0.6 is 0 Å². The van der Waals surface area contributed by atoms with Crippen LogP contribution in [0.1, 0.15) is 16.2 Å². The van der Waals surface area contributed by atoms with Crippen LogP contribution in [0.3, 0.4) is 0 Å². The van der Waals surface area contributed by atoms with Gasteiger partial charge in [0.1, 0.15) is 5.69 Å². The maximum absolute atomic E-state index is 10.9. The molecule has 2 rings (SSSR count). The number of nitrogens with zero attached hydrogens (tertiary/aromatic N) is 3. The molecule has 0 aliphatic carbocycles. The minimum absolute atomic E-state index is 0.184. The smallest absolute Gasteiger partial charge is 0.363 e. The number of carbonyl (C=O) groups is 1. The standard InChI is InChI=1S/C11H9N3O4/c1-7-10(14(17)18)9(11(15)16)12-13(7)8-5-3-2-4-6-8/h2-6H,1H3,(H,15,16). The first kappa shape index (κ1) is 11.8. The van der Waals surface area contributed by atoms with Crippen molar-refractivity contribution in [3.8, 4) is 5.69 Å². The van der Waals surface area contributed by atoms with Gasteiger partial charge in [-0.05, 0) is 19.1 Å². The van der Waals surface area contributed by atoms with E-state index in [4.69, 9.17) is 5.11 Å². The van der Waals surface area contributed by atoms with E-state index in [1.165, 1.54) is 11.6 Å².